The highest BCUT2D eigenvalue weighted by molar-refractivity contribution is 6.00. The summed E-state index contributed by atoms with van der Waals surface area (Å²) in [7, 11) is 0. The van der Waals surface area contributed by atoms with Crippen molar-refractivity contribution in [3.8, 4) is 5.75 Å². The number of urea groups is 1. The van der Waals surface area contributed by atoms with Gasteiger partial charge in [-0.3, -0.25) is 14.5 Å². The summed E-state index contributed by atoms with van der Waals surface area (Å²) >= 11 is 0. The van der Waals surface area contributed by atoms with E-state index in [0.29, 0.717) is 38.2 Å². The Kier molecular flexibility index (Phi) is 5.16. The van der Waals surface area contributed by atoms with Gasteiger partial charge >= 0.3 is 6.03 Å². The predicted molar refractivity (Wildman–Crippen MR) is 86.4 cm³/mol. The average molecular weight is 349 g/mol. The van der Waals surface area contributed by atoms with Crippen molar-refractivity contribution >= 4 is 17.8 Å². The van der Waals surface area contributed by atoms with E-state index in [-0.39, 0.29) is 36.7 Å². The molecular weight excluding hydrogens is 329 g/mol. The minimum absolute atomic E-state index is 0.0468. The fraction of sp³-hybridized carbons (Fsp3) is 0.471. The van der Waals surface area contributed by atoms with Crippen molar-refractivity contribution in [2.24, 2.45) is 0 Å². The van der Waals surface area contributed by atoms with Crippen LogP contribution in [0.25, 0.3) is 0 Å². The number of hydrogen-bond donors (Lipinski definition) is 1. The van der Waals surface area contributed by atoms with Gasteiger partial charge in [-0.05, 0) is 24.3 Å². The summed E-state index contributed by atoms with van der Waals surface area (Å²) in [5.41, 5.74) is 0. The van der Waals surface area contributed by atoms with Gasteiger partial charge in [0.25, 0.3) is 0 Å². The normalized spacial score (nSPS) is 18.9. The summed E-state index contributed by atoms with van der Waals surface area (Å²) in [5.74, 6) is -0.289. The van der Waals surface area contributed by atoms with Crippen molar-refractivity contribution in [3.63, 3.8) is 0 Å². The first-order valence-electron chi connectivity index (χ1n) is 8.31. The minimum Gasteiger partial charge on any atom is -0.490 e. The Morgan fingerprint density at radius 2 is 1.88 bits per heavy atom. The largest absolute Gasteiger partial charge is 0.490 e. The van der Waals surface area contributed by atoms with Crippen molar-refractivity contribution in [2.75, 3.05) is 26.2 Å². The lowest BCUT2D eigenvalue weighted by Gasteiger charge is -2.34. The first kappa shape index (κ1) is 17.2. The molecule has 4 amide bonds. The molecule has 2 saturated heterocycles. The predicted octanol–water partition coefficient (Wildman–Crippen LogP) is 1.14. The smallest absolute Gasteiger partial charge is 0.324 e. The molecule has 3 rings (SSSR count). The zero-order chi connectivity index (χ0) is 17.8. The van der Waals surface area contributed by atoms with E-state index in [0.717, 1.165) is 4.90 Å². The molecule has 0 aliphatic carbocycles. The molecule has 0 atom stereocenters. The molecule has 25 heavy (non-hydrogen) atoms. The van der Waals surface area contributed by atoms with Gasteiger partial charge in [0.2, 0.25) is 11.8 Å². The first-order chi connectivity index (χ1) is 12.0. The van der Waals surface area contributed by atoms with E-state index in [1.165, 1.54) is 12.1 Å². The number of amides is 4. The summed E-state index contributed by atoms with van der Waals surface area (Å²) in [6.45, 7) is 1.07. The van der Waals surface area contributed by atoms with Crippen LogP contribution in [0.4, 0.5) is 9.18 Å². The topological polar surface area (TPSA) is 79.0 Å². The number of likely N-dealkylation sites (tertiary alicyclic amines) is 1. The standard InChI is InChI=1S/C17H20FN3O4/c18-12-1-3-13(4-2-12)25-14-6-9-20(10-7-14)16(23)11-21-15(22)5-8-19-17(21)24/h1-4,14H,5-11H2,(H,19,24). The van der Waals surface area contributed by atoms with E-state index in [1.807, 2.05) is 0 Å². The lowest BCUT2D eigenvalue weighted by molar-refractivity contribution is -0.139. The number of carbonyl (C=O) groups is 3. The third kappa shape index (κ3) is 4.26. The number of benzene rings is 1. The number of halogens is 1. The Morgan fingerprint density at radius 1 is 1.20 bits per heavy atom. The van der Waals surface area contributed by atoms with E-state index in [9.17, 15) is 18.8 Å². The highest BCUT2D eigenvalue weighted by Crippen LogP contribution is 2.19. The van der Waals surface area contributed by atoms with Gasteiger partial charge in [-0.25, -0.2) is 9.18 Å². The third-order valence-corrected chi connectivity index (χ3v) is 4.37. The molecule has 0 radical (unpaired) electrons. The molecule has 1 N–H and O–H groups in total. The van der Waals surface area contributed by atoms with Crippen LogP contribution in [0.5, 0.6) is 5.75 Å². The van der Waals surface area contributed by atoms with E-state index in [4.69, 9.17) is 4.74 Å². The van der Waals surface area contributed by atoms with Crippen LogP contribution in [0.15, 0.2) is 24.3 Å². The molecule has 0 spiro atoms. The number of carbonyl (C=O) groups excluding carboxylic acids is 3. The van der Waals surface area contributed by atoms with Crippen molar-refractivity contribution in [1.82, 2.24) is 15.1 Å². The van der Waals surface area contributed by atoms with Gasteiger partial charge in [-0.15, -0.1) is 0 Å². The second-order valence-electron chi connectivity index (χ2n) is 6.11. The average Bonchev–Trinajstić information content (AvgIpc) is 2.61. The number of nitrogens with one attached hydrogen (secondary N) is 1. The zero-order valence-electron chi connectivity index (χ0n) is 13.7. The highest BCUT2D eigenvalue weighted by Gasteiger charge is 2.31. The molecule has 2 aliphatic rings. The second-order valence-corrected chi connectivity index (χ2v) is 6.11. The Hall–Kier alpha value is -2.64. The molecule has 7 nitrogen and oxygen atoms in total. The second kappa shape index (κ2) is 7.50. The molecule has 134 valence electrons. The van der Waals surface area contributed by atoms with Gasteiger partial charge < -0.3 is 15.0 Å². The van der Waals surface area contributed by atoms with Crippen LogP contribution in [0, 0.1) is 5.82 Å². The van der Waals surface area contributed by atoms with Gasteiger partial charge in [0.15, 0.2) is 0 Å². The van der Waals surface area contributed by atoms with Gasteiger partial charge in [0, 0.05) is 38.9 Å². The minimum atomic E-state index is -0.515. The number of imide groups is 1. The Morgan fingerprint density at radius 3 is 2.52 bits per heavy atom. The molecule has 0 aromatic heterocycles. The number of piperidine rings is 1. The summed E-state index contributed by atoms with van der Waals surface area (Å²) in [6, 6.07) is 5.32. The van der Waals surface area contributed by atoms with Crippen LogP contribution in [0.3, 0.4) is 0 Å². The molecule has 0 unspecified atom stereocenters. The molecular formula is C17H20FN3O4. The lowest BCUT2D eigenvalue weighted by Crippen LogP contribution is -2.54. The van der Waals surface area contributed by atoms with E-state index >= 15 is 0 Å². The third-order valence-electron chi connectivity index (χ3n) is 4.37. The van der Waals surface area contributed by atoms with Crippen molar-refractivity contribution in [2.45, 2.75) is 25.4 Å². The number of hydrogen-bond acceptors (Lipinski definition) is 4. The number of ether oxygens (including phenoxy) is 1. The van der Waals surface area contributed by atoms with E-state index in [1.54, 1.807) is 17.0 Å². The molecule has 8 heteroatoms. The summed E-state index contributed by atoms with van der Waals surface area (Å²) < 4.78 is 18.7. The molecule has 1 aromatic carbocycles. The van der Waals surface area contributed by atoms with Crippen LogP contribution in [0.1, 0.15) is 19.3 Å². The Balaban J connectivity index is 1.48. The molecule has 1 aromatic rings. The highest BCUT2D eigenvalue weighted by atomic mass is 19.1. The van der Waals surface area contributed by atoms with Crippen LogP contribution >= 0.6 is 0 Å². The summed E-state index contributed by atoms with van der Waals surface area (Å²) in [4.78, 5) is 38.4. The Labute approximate surface area is 144 Å². The fourth-order valence-electron chi connectivity index (χ4n) is 2.94. The maximum Gasteiger partial charge on any atom is 0.324 e. The van der Waals surface area contributed by atoms with Crippen molar-refractivity contribution < 1.29 is 23.5 Å². The summed E-state index contributed by atoms with van der Waals surface area (Å²) in [5, 5.41) is 2.56. The number of nitrogens with zero attached hydrogens (tertiary/aromatic N) is 2. The zero-order valence-corrected chi connectivity index (χ0v) is 13.7. The SMILES string of the molecule is O=C(CN1C(=O)CCNC1=O)N1CCC(Oc2ccc(F)cc2)CC1. The lowest BCUT2D eigenvalue weighted by atomic mass is 10.1. The van der Waals surface area contributed by atoms with Crippen molar-refractivity contribution in [3.05, 3.63) is 30.1 Å². The van der Waals surface area contributed by atoms with E-state index in [2.05, 4.69) is 5.32 Å². The van der Waals surface area contributed by atoms with E-state index < -0.39 is 6.03 Å². The van der Waals surface area contributed by atoms with Crippen LogP contribution in [-0.4, -0.2) is 59.9 Å². The fourth-order valence-corrected chi connectivity index (χ4v) is 2.94. The van der Waals surface area contributed by atoms with Gasteiger partial charge in [-0.2, -0.15) is 0 Å². The summed E-state index contributed by atoms with van der Waals surface area (Å²) in [6.07, 6.45) is 1.45. The Bertz CT molecular complexity index is 640. The molecule has 0 bridgehead atoms. The molecule has 2 aliphatic heterocycles. The van der Waals surface area contributed by atoms with Crippen molar-refractivity contribution in [1.29, 1.82) is 0 Å². The van der Waals surface area contributed by atoms with Gasteiger partial charge in [0.05, 0.1) is 0 Å². The quantitative estimate of drug-likeness (QED) is 0.884. The molecule has 2 fully saturated rings. The van der Waals surface area contributed by atoms with Gasteiger partial charge in [0.1, 0.15) is 24.2 Å². The first-order valence-corrected chi connectivity index (χ1v) is 8.31. The maximum atomic E-state index is 12.9. The number of rotatable bonds is 4. The monoisotopic (exact) mass is 349 g/mol. The van der Waals surface area contributed by atoms with Crippen LogP contribution in [-0.2, 0) is 9.59 Å². The molecule has 2 heterocycles. The van der Waals surface area contributed by atoms with Gasteiger partial charge in [-0.1, -0.05) is 0 Å². The van der Waals surface area contributed by atoms with Crippen LogP contribution < -0.4 is 10.1 Å². The van der Waals surface area contributed by atoms with Crippen LogP contribution in [0.2, 0.25) is 0 Å². The maximum absolute atomic E-state index is 12.9. The molecule has 0 saturated carbocycles.